The van der Waals surface area contributed by atoms with Crippen LogP contribution in [0, 0.1) is 47.9 Å². The maximum absolute atomic E-state index is 9.49. The number of aliphatic hydroxyl groups excluding tert-OH is 1. The summed E-state index contributed by atoms with van der Waals surface area (Å²) in [5.74, 6) is 3.59. The number of aliphatic hydroxyl groups is 1. The van der Waals surface area contributed by atoms with Gasteiger partial charge in [-0.3, -0.25) is 4.79 Å². The number of carboxylic acids is 1. The minimum atomic E-state index is -1.06. The fourth-order valence-corrected chi connectivity index (χ4v) is 0.433. The number of nitrogens with zero attached hydrogens (tertiary/aromatic N) is 2. The first-order valence-electron chi connectivity index (χ1n) is 5.41. The zero-order chi connectivity index (χ0) is 18.2. The van der Waals surface area contributed by atoms with E-state index in [2.05, 4.69) is 21.3 Å². The van der Waals surface area contributed by atoms with Crippen LogP contribution in [0.2, 0.25) is 0 Å². The average molecular weight is 348 g/mol. The van der Waals surface area contributed by atoms with Crippen LogP contribution in [0.25, 0.3) is 0 Å². The molecule has 0 rings (SSSR count). The molecule has 8 nitrogen and oxygen atoms in total. The number of hydrogen-bond donors (Lipinski definition) is 2. The normalized spacial score (nSPS) is 7.87. The van der Waals surface area contributed by atoms with Crippen molar-refractivity contribution in [1.29, 1.82) is 10.5 Å². The average Bonchev–Trinajstić information content (AvgIpc) is 2.50. The Morgan fingerprint density at radius 2 is 1.70 bits per heavy atom. The standard InChI is InChI=1S/C6H7NO2.C5H6O2.C2H4O2.CN.K/c1-2-3-9-5-6(8)4-7;1-2-4-7-5-3-6;1-2(3)4;1-2;/h1,6,8H,3,5H2;1,3H,4-5H2;1H3,(H,3,4);;/q;;;-1;+1. The summed E-state index contributed by atoms with van der Waals surface area (Å²) < 4.78 is 9.15. The number of terminal acetylenes is 2. The van der Waals surface area contributed by atoms with Crippen molar-refractivity contribution in [2.45, 2.75) is 13.0 Å². The third kappa shape index (κ3) is 76.7. The van der Waals surface area contributed by atoms with Crippen LogP contribution in [0.4, 0.5) is 0 Å². The number of carbonyl (C=O) groups excluding carboxylic acids is 1. The molecule has 0 aromatic rings. The maximum Gasteiger partial charge on any atom is 1.00 e. The predicted molar refractivity (Wildman–Crippen MR) is 75.3 cm³/mol. The number of aldehydes is 1. The molecule has 0 fully saturated rings. The summed E-state index contributed by atoms with van der Waals surface area (Å²) >= 11 is 0. The zero-order valence-electron chi connectivity index (χ0n) is 13.1. The first kappa shape index (κ1) is 33.4. The third-order valence-electron chi connectivity index (χ3n) is 0.981. The van der Waals surface area contributed by atoms with Gasteiger partial charge in [0.05, 0.1) is 12.7 Å². The second kappa shape index (κ2) is 37.2. The molecule has 0 radical (unpaired) electrons. The molecule has 0 aliphatic carbocycles. The van der Waals surface area contributed by atoms with E-state index in [-0.39, 0.29) is 77.8 Å². The first-order valence-corrected chi connectivity index (χ1v) is 5.41. The summed E-state index contributed by atoms with van der Waals surface area (Å²) in [6, 6.07) is 1.59. The number of carboxylic acid groups (broad SMARTS) is 1. The zero-order valence-corrected chi connectivity index (χ0v) is 16.2. The van der Waals surface area contributed by atoms with Crippen molar-refractivity contribution in [2.75, 3.05) is 26.4 Å². The Kier molecular flexibility index (Phi) is 54.0. The molecule has 0 amide bonds. The largest absolute Gasteiger partial charge is 1.00 e. The molecule has 0 aliphatic heterocycles. The van der Waals surface area contributed by atoms with E-state index in [4.69, 9.17) is 45.0 Å². The van der Waals surface area contributed by atoms with E-state index in [0.717, 1.165) is 6.92 Å². The van der Waals surface area contributed by atoms with E-state index in [0.29, 0.717) is 6.29 Å². The number of aliphatic carboxylic acids is 1. The van der Waals surface area contributed by atoms with E-state index < -0.39 is 12.1 Å². The number of hydrogen-bond acceptors (Lipinski definition) is 7. The Labute approximate surface area is 178 Å². The third-order valence-corrected chi connectivity index (χ3v) is 0.981. The van der Waals surface area contributed by atoms with Crippen molar-refractivity contribution in [3.63, 3.8) is 0 Å². The molecule has 0 aromatic heterocycles. The number of ether oxygens (including phenoxy) is 2. The number of nitriles is 1. The van der Waals surface area contributed by atoms with E-state index in [1.54, 1.807) is 6.07 Å². The second-order valence-corrected chi connectivity index (χ2v) is 2.77. The minimum absolute atomic E-state index is 0. The quantitative estimate of drug-likeness (QED) is 0.126. The second-order valence-electron chi connectivity index (χ2n) is 2.77. The fraction of sp³-hybridized carbons (Fsp3) is 0.429. The molecular formula is C14H17KN2O6. The Bertz CT molecular complexity index is 402. The van der Waals surface area contributed by atoms with E-state index in [1.165, 1.54) is 0 Å². The predicted octanol–water partition coefficient (Wildman–Crippen LogP) is -3.45. The molecule has 1 unspecified atom stereocenters. The summed E-state index contributed by atoms with van der Waals surface area (Å²) in [6.45, 7) is 6.28. The van der Waals surface area contributed by atoms with Crippen molar-refractivity contribution in [3.05, 3.63) is 6.57 Å². The van der Waals surface area contributed by atoms with Crippen LogP contribution in [0.15, 0.2) is 0 Å². The van der Waals surface area contributed by atoms with Crippen LogP contribution in [0.1, 0.15) is 6.92 Å². The molecule has 23 heavy (non-hydrogen) atoms. The van der Waals surface area contributed by atoms with Gasteiger partial charge in [-0.05, 0) is 0 Å². The maximum atomic E-state index is 9.49. The van der Waals surface area contributed by atoms with Crippen LogP contribution in [-0.4, -0.2) is 55.0 Å². The van der Waals surface area contributed by atoms with Crippen LogP contribution >= 0.6 is 0 Å². The van der Waals surface area contributed by atoms with Gasteiger partial charge >= 0.3 is 51.4 Å². The summed E-state index contributed by atoms with van der Waals surface area (Å²) in [5.41, 5.74) is 0. The summed E-state index contributed by atoms with van der Waals surface area (Å²) in [5, 5.41) is 30.2. The van der Waals surface area contributed by atoms with E-state index in [9.17, 15) is 4.79 Å². The van der Waals surface area contributed by atoms with Gasteiger partial charge in [-0.1, -0.05) is 11.8 Å². The molecule has 0 spiro atoms. The summed E-state index contributed by atoms with van der Waals surface area (Å²) in [6.07, 6.45) is 9.20. The van der Waals surface area contributed by atoms with Gasteiger partial charge in [-0.2, -0.15) is 5.26 Å². The first-order chi connectivity index (χ1) is 10.5. The van der Waals surface area contributed by atoms with Gasteiger partial charge in [0, 0.05) is 6.92 Å². The summed E-state index contributed by atoms with van der Waals surface area (Å²) in [7, 11) is 0. The molecule has 0 aliphatic rings. The van der Waals surface area contributed by atoms with Crippen molar-refractivity contribution >= 4 is 12.3 Å². The van der Waals surface area contributed by atoms with Gasteiger partial charge < -0.3 is 36.3 Å². The number of carbonyl (C=O) groups is 2. The van der Waals surface area contributed by atoms with Crippen LogP contribution in [-0.2, 0) is 19.1 Å². The molecule has 2 N–H and O–H groups in total. The molecule has 0 bridgehead atoms. The fourth-order valence-electron chi connectivity index (χ4n) is 0.433. The van der Waals surface area contributed by atoms with Gasteiger partial charge in [-0.15, -0.1) is 12.8 Å². The Morgan fingerprint density at radius 3 is 2.00 bits per heavy atom. The van der Waals surface area contributed by atoms with Crippen molar-refractivity contribution in [1.82, 2.24) is 0 Å². The monoisotopic (exact) mass is 348 g/mol. The molecule has 0 saturated heterocycles. The summed E-state index contributed by atoms with van der Waals surface area (Å²) in [4.78, 5) is 18.5. The topological polar surface area (TPSA) is 141 Å². The molecule has 0 aromatic carbocycles. The van der Waals surface area contributed by atoms with Crippen molar-refractivity contribution < 1.29 is 80.7 Å². The van der Waals surface area contributed by atoms with Gasteiger partial charge in [0.15, 0.2) is 6.10 Å². The minimum Gasteiger partial charge on any atom is -0.512 e. The molecular weight excluding hydrogens is 331 g/mol. The van der Waals surface area contributed by atoms with E-state index >= 15 is 0 Å². The van der Waals surface area contributed by atoms with E-state index in [1.807, 2.05) is 0 Å². The van der Waals surface area contributed by atoms with Gasteiger partial charge in [-0.25, -0.2) is 0 Å². The van der Waals surface area contributed by atoms with Crippen LogP contribution in [0.3, 0.4) is 0 Å². The Morgan fingerprint density at radius 1 is 1.30 bits per heavy atom. The smallest absolute Gasteiger partial charge is 0.512 e. The van der Waals surface area contributed by atoms with Crippen LogP contribution < -0.4 is 51.4 Å². The number of rotatable bonds is 6. The van der Waals surface area contributed by atoms with Gasteiger partial charge in [0.25, 0.3) is 5.97 Å². The molecule has 0 saturated carbocycles. The van der Waals surface area contributed by atoms with Crippen LogP contribution in [0.5, 0.6) is 0 Å². The molecule has 9 heteroatoms. The molecule has 0 heterocycles. The Hall–Kier alpha value is -1.24. The molecule has 1 atom stereocenters. The molecule has 120 valence electrons. The van der Waals surface area contributed by atoms with Crippen molar-refractivity contribution in [3.8, 4) is 30.8 Å². The van der Waals surface area contributed by atoms with Gasteiger partial charge in [0.1, 0.15) is 26.1 Å². The van der Waals surface area contributed by atoms with Crippen molar-refractivity contribution in [2.24, 2.45) is 0 Å². The Balaban J connectivity index is -0.0000000691. The van der Waals surface area contributed by atoms with Gasteiger partial charge in [0.2, 0.25) is 0 Å². The SMILES string of the molecule is C#CCOCC(O)C#N.C#CCOCC=O.CC(=O)O.[C-]#N.[K+].